The molecule has 0 aliphatic rings. The van der Waals surface area contributed by atoms with Crippen LogP contribution in [0.3, 0.4) is 0 Å². The van der Waals surface area contributed by atoms with Crippen LogP contribution in [0.5, 0.6) is 0 Å². The summed E-state index contributed by atoms with van der Waals surface area (Å²) in [6.45, 7) is 2.64. The van der Waals surface area contributed by atoms with Crippen molar-refractivity contribution in [3.8, 4) is 0 Å². The molecule has 20 heavy (non-hydrogen) atoms. The van der Waals surface area contributed by atoms with Crippen LogP contribution in [0.15, 0.2) is 0 Å². The van der Waals surface area contributed by atoms with Crippen LogP contribution < -0.4 is 5.32 Å². The first-order chi connectivity index (χ1) is 9.29. The maximum absolute atomic E-state index is 11.7. The fraction of sp³-hybridized carbons (Fsp3) is 0.667. The summed E-state index contributed by atoms with van der Waals surface area (Å²) in [6, 6.07) is -1.17. The number of carbonyl (C=O) groups is 4. The topological polar surface area (TPSA) is 108 Å². The molecule has 2 atom stereocenters. The molecule has 0 aliphatic heterocycles. The van der Waals surface area contributed by atoms with Crippen LogP contribution >= 0.6 is 0 Å². The van der Waals surface area contributed by atoms with Crippen molar-refractivity contribution in [2.75, 3.05) is 21.3 Å². The summed E-state index contributed by atoms with van der Waals surface area (Å²) in [5.41, 5.74) is 0. The van der Waals surface area contributed by atoms with Gasteiger partial charge in [-0.15, -0.1) is 0 Å². The number of esters is 3. The van der Waals surface area contributed by atoms with E-state index in [0.29, 0.717) is 0 Å². The van der Waals surface area contributed by atoms with Crippen molar-refractivity contribution in [3.63, 3.8) is 0 Å². The van der Waals surface area contributed by atoms with Gasteiger partial charge in [-0.1, -0.05) is 6.92 Å². The van der Waals surface area contributed by atoms with Crippen LogP contribution in [0.2, 0.25) is 0 Å². The molecule has 0 bridgehead atoms. The van der Waals surface area contributed by atoms with Crippen LogP contribution in [-0.2, 0) is 33.4 Å². The van der Waals surface area contributed by atoms with Gasteiger partial charge in [-0.05, 0) is 0 Å². The average molecular weight is 289 g/mol. The fourth-order valence-electron chi connectivity index (χ4n) is 1.72. The number of methoxy groups -OCH3 is 3. The molecular formula is C12H19NO7. The first kappa shape index (κ1) is 17.9. The Bertz CT molecular complexity index is 377. The molecule has 8 heteroatoms. The zero-order chi connectivity index (χ0) is 15.9. The predicted molar refractivity (Wildman–Crippen MR) is 66.3 cm³/mol. The summed E-state index contributed by atoms with van der Waals surface area (Å²) >= 11 is 0. The van der Waals surface area contributed by atoms with Gasteiger partial charge < -0.3 is 19.5 Å². The van der Waals surface area contributed by atoms with Gasteiger partial charge in [0.15, 0.2) is 5.92 Å². The second kappa shape index (κ2) is 8.13. The normalized spacial score (nSPS) is 13.1. The number of hydrogen-bond donors (Lipinski definition) is 1. The minimum atomic E-state index is -1.35. The van der Waals surface area contributed by atoms with E-state index in [0.717, 1.165) is 21.3 Å². The molecule has 0 aromatic carbocycles. The Kier molecular flexibility index (Phi) is 7.27. The summed E-state index contributed by atoms with van der Waals surface area (Å²) in [5.74, 6) is -5.23. The van der Waals surface area contributed by atoms with Crippen molar-refractivity contribution in [2.45, 2.75) is 19.9 Å². The fourth-order valence-corrected chi connectivity index (χ4v) is 1.72. The number of ether oxygens (including phenoxy) is 3. The van der Waals surface area contributed by atoms with Crippen molar-refractivity contribution >= 4 is 23.8 Å². The minimum Gasteiger partial charge on any atom is -0.468 e. The minimum absolute atomic E-state index is 0.499. The lowest BCUT2D eigenvalue weighted by Gasteiger charge is -2.26. The standard InChI is InChI=1S/C12H19NO7/c1-6(8(10(15)18-3)11(16)19-4)9(12(17)20-5)13-7(2)14/h6,8-9H,1-5H3,(H,13,14)/t6-,9+/m0/s1. The molecule has 0 saturated carbocycles. The highest BCUT2D eigenvalue weighted by Gasteiger charge is 2.42. The van der Waals surface area contributed by atoms with E-state index >= 15 is 0 Å². The van der Waals surface area contributed by atoms with E-state index < -0.39 is 41.7 Å². The van der Waals surface area contributed by atoms with Crippen molar-refractivity contribution in [3.05, 3.63) is 0 Å². The van der Waals surface area contributed by atoms with Crippen LogP contribution in [0.25, 0.3) is 0 Å². The maximum Gasteiger partial charge on any atom is 0.328 e. The lowest BCUT2D eigenvalue weighted by atomic mass is 9.87. The highest BCUT2D eigenvalue weighted by atomic mass is 16.5. The third kappa shape index (κ3) is 4.52. The molecule has 0 aromatic heterocycles. The second-order valence-corrected chi connectivity index (χ2v) is 4.08. The number of nitrogens with one attached hydrogen (secondary N) is 1. The molecule has 1 amide bonds. The molecule has 0 aromatic rings. The Balaban J connectivity index is 5.38. The zero-order valence-corrected chi connectivity index (χ0v) is 12.1. The monoisotopic (exact) mass is 289 g/mol. The number of hydrogen-bond acceptors (Lipinski definition) is 7. The third-order valence-corrected chi connectivity index (χ3v) is 2.78. The molecule has 0 radical (unpaired) electrons. The largest absolute Gasteiger partial charge is 0.468 e. The Labute approximate surface area is 116 Å². The number of rotatable bonds is 6. The third-order valence-electron chi connectivity index (χ3n) is 2.78. The molecule has 1 N–H and O–H groups in total. The Morgan fingerprint density at radius 1 is 0.850 bits per heavy atom. The van der Waals surface area contributed by atoms with Gasteiger partial charge in [-0.25, -0.2) is 4.79 Å². The van der Waals surface area contributed by atoms with Crippen molar-refractivity contribution in [1.29, 1.82) is 0 Å². The molecule has 8 nitrogen and oxygen atoms in total. The van der Waals surface area contributed by atoms with Crippen molar-refractivity contribution < 1.29 is 33.4 Å². The van der Waals surface area contributed by atoms with Crippen LogP contribution in [-0.4, -0.2) is 51.2 Å². The molecule has 0 unspecified atom stereocenters. The van der Waals surface area contributed by atoms with Crippen LogP contribution in [0.1, 0.15) is 13.8 Å². The molecule has 0 rings (SSSR count). The van der Waals surface area contributed by atoms with Gasteiger partial charge in [-0.2, -0.15) is 0 Å². The Morgan fingerprint density at radius 2 is 1.25 bits per heavy atom. The first-order valence-corrected chi connectivity index (χ1v) is 5.80. The van der Waals surface area contributed by atoms with Crippen LogP contribution in [0.4, 0.5) is 0 Å². The van der Waals surface area contributed by atoms with E-state index in [4.69, 9.17) is 0 Å². The number of carbonyl (C=O) groups excluding carboxylic acids is 4. The molecule has 0 heterocycles. The van der Waals surface area contributed by atoms with Gasteiger partial charge in [-0.3, -0.25) is 14.4 Å². The maximum atomic E-state index is 11.7. The highest BCUT2D eigenvalue weighted by molar-refractivity contribution is 5.96. The summed E-state index contributed by atoms with van der Waals surface area (Å²) in [5, 5.41) is 2.34. The second-order valence-electron chi connectivity index (χ2n) is 4.08. The Hall–Kier alpha value is -2.12. The number of amides is 1. The molecule has 0 fully saturated rings. The van der Waals surface area contributed by atoms with Crippen molar-refractivity contribution in [2.24, 2.45) is 11.8 Å². The van der Waals surface area contributed by atoms with Crippen molar-refractivity contribution in [1.82, 2.24) is 5.32 Å². The van der Waals surface area contributed by atoms with E-state index in [1.165, 1.54) is 13.8 Å². The zero-order valence-electron chi connectivity index (χ0n) is 12.1. The van der Waals surface area contributed by atoms with Gasteiger partial charge >= 0.3 is 17.9 Å². The van der Waals surface area contributed by atoms with Gasteiger partial charge in [0.1, 0.15) is 6.04 Å². The van der Waals surface area contributed by atoms with Gasteiger partial charge in [0.2, 0.25) is 5.91 Å². The quantitative estimate of drug-likeness (QED) is 0.390. The molecule has 114 valence electrons. The van der Waals surface area contributed by atoms with E-state index in [-0.39, 0.29) is 0 Å². The first-order valence-electron chi connectivity index (χ1n) is 5.80. The smallest absolute Gasteiger partial charge is 0.328 e. The van der Waals surface area contributed by atoms with E-state index in [9.17, 15) is 19.2 Å². The molecule has 0 aliphatic carbocycles. The highest BCUT2D eigenvalue weighted by Crippen LogP contribution is 2.20. The molecule has 0 saturated heterocycles. The van der Waals surface area contributed by atoms with E-state index in [2.05, 4.69) is 19.5 Å². The molecule has 0 spiro atoms. The van der Waals surface area contributed by atoms with E-state index in [1.54, 1.807) is 0 Å². The van der Waals surface area contributed by atoms with E-state index in [1.807, 2.05) is 0 Å². The lowest BCUT2D eigenvalue weighted by Crippen LogP contribution is -2.50. The lowest BCUT2D eigenvalue weighted by molar-refractivity contribution is -0.163. The predicted octanol–water partition coefficient (Wildman–Crippen LogP) is -0.738. The van der Waals surface area contributed by atoms with Gasteiger partial charge in [0, 0.05) is 12.8 Å². The summed E-state index contributed by atoms with van der Waals surface area (Å²) < 4.78 is 13.6. The summed E-state index contributed by atoms with van der Waals surface area (Å²) in [4.78, 5) is 46.1. The molecular weight excluding hydrogens is 270 g/mol. The SMILES string of the molecule is COC(=O)C(C(=O)OC)[C@H](C)[C@@H](NC(C)=O)C(=O)OC. The van der Waals surface area contributed by atoms with Gasteiger partial charge in [0.25, 0.3) is 0 Å². The summed E-state index contributed by atoms with van der Waals surface area (Å²) in [6.07, 6.45) is 0. The van der Waals surface area contributed by atoms with Crippen LogP contribution in [0, 0.1) is 11.8 Å². The van der Waals surface area contributed by atoms with Gasteiger partial charge in [0.05, 0.1) is 21.3 Å². The summed E-state index contributed by atoms with van der Waals surface area (Å²) in [7, 11) is 3.35. The Morgan fingerprint density at radius 3 is 1.55 bits per heavy atom. The average Bonchev–Trinajstić information content (AvgIpc) is 2.42.